The Kier molecular flexibility index (Phi) is 5.26. The van der Waals surface area contributed by atoms with Gasteiger partial charge in [-0.15, -0.1) is 6.58 Å². The third-order valence-electron chi connectivity index (χ3n) is 3.40. The van der Waals surface area contributed by atoms with E-state index in [1.165, 1.54) is 22.2 Å². The molecule has 0 spiro atoms. The number of hydrogen-bond acceptors (Lipinski definition) is 5. The monoisotopic (exact) mass is 436 g/mol. The van der Waals surface area contributed by atoms with Crippen molar-refractivity contribution in [2.24, 2.45) is 0 Å². The van der Waals surface area contributed by atoms with E-state index in [0.717, 1.165) is 4.47 Å². The smallest absolute Gasteiger partial charge is 0.273 e. The molecular formula is C16H13BrN4O2S2. The highest BCUT2D eigenvalue weighted by molar-refractivity contribution is 9.10. The number of carbonyl (C=O) groups is 1. The Hall–Kier alpha value is -2.10. The first-order valence-electron chi connectivity index (χ1n) is 7.24. The number of aromatic nitrogens is 3. The second kappa shape index (κ2) is 7.42. The number of fused-ring (bicyclic) bond motifs is 1. The number of halogens is 1. The molecule has 128 valence electrons. The fourth-order valence-electron chi connectivity index (χ4n) is 2.26. The third kappa shape index (κ3) is 3.78. The lowest BCUT2D eigenvalue weighted by Crippen LogP contribution is -2.27. The van der Waals surface area contributed by atoms with Crippen molar-refractivity contribution >= 4 is 61.4 Å². The van der Waals surface area contributed by atoms with Crippen molar-refractivity contribution in [1.29, 1.82) is 0 Å². The van der Waals surface area contributed by atoms with Crippen molar-refractivity contribution in [3.63, 3.8) is 0 Å². The van der Waals surface area contributed by atoms with Crippen LogP contribution in [0, 0.1) is 3.95 Å². The number of nitrogens with one attached hydrogen (secondary N) is 1. The van der Waals surface area contributed by atoms with Gasteiger partial charge < -0.3 is 9.88 Å². The summed E-state index contributed by atoms with van der Waals surface area (Å²) in [7, 11) is 0. The molecule has 1 aromatic carbocycles. The number of carbonyl (C=O) groups excluding carboxylic acids is 1. The highest BCUT2D eigenvalue weighted by Gasteiger charge is 2.13. The molecule has 0 fully saturated rings. The number of nitrogens with zero attached hydrogens (tertiary/aromatic N) is 3. The number of hydrogen-bond donors (Lipinski definition) is 1. The Bertz CT molecular complexity index is 1070. The van der Waals surface area contributed by atoms with E-state index < -0.39 is 0 Å². The zero-order valence-corrected chi connectivity index (χ0v) is 16.2. The van der Waals surface area contributed by atoms with E-state index in [0.29, 0.717) is 26.5 Å². The van der Waals surface area contributed by atoms with Gasteiger partial charge >= 0.3 is 0 Å². The van der Waals surface area contributed by atoms with Crippen LogP contribution in [0.2, 0.25) is 0 Å². The minimum absolute atomic E-state index is 0.121. The van der Waals surface area contributed by atoms with Crippen LogP contribution in [0.25, 0.3) is 10.3 Å². The van der Waals surface area contributed by atoms with Crippen LogP contribution in [0.15, 0.2) is 52.5 Å². The highest BCUT2D eigenvalue weighted by atomic mass is 79.9. The minimum Gasteiger partial charge on any atom is -0.325 e. The molecule has 0 unspecified atom stereocenters. The Morgan fingerprint density at radius 2 is 2.12 bits per heavy atom. The lowest BCUT2D eigenvalue weighted by molar-refractivity contribution is -0.116. The van der Waals surface area contributed by atoms with Gasteiger partial charge in [-0.25, -0.2) is 4.98 Å². The van der Waals surface area contributed by atoms with E-state index >= 15 is 0 Å². The molecule has 0 saturated carbocycles. The van der Waals surface area contributed by atoms with Gasteiger partial charge in [0.25, 0.3) is 5.56 Å². The Labute approximate surface area is 160 Å². The molecular weight excluding hydrogens is 424 g/mol. The predicted molar refractivity (Wildman–Crippen MR) is 106 cm³/mol. The quantitative estimate of drug-likeness (QED) is 0.490. The van der Waals surface area contributed by atoms with Gasteiger partial charge in [0.05, 0.1) is 0 Å². The largest absolute Gasteiger partial charge is 0.325 e. The zero-order valence-electron chi connectivity index (χ0n) is 12.9. The summed E-state index contributed by atoms with van der Waals surface area (Å²) in [6.45, 7) is 4.04. The second-order valence-corrected chi connectivity index (χ2v) is 7.71. The van der Waals surface area contributed by atoms with Gasteiger partial charge in [-0.3, -0.25) is 14.2 Å². The van der Waals surface area contributed by atoms with Gasteiger partial charge in [-0.05, 0) is 36.5 Å². The molecule has 0 saturated heterocycles. The summed E-state index contributed by atoms with van der Waals surface area (Å²) in [5.74, 6) is -0.306. The van der Waals surface area contributed by atoms with Crippen LogP contribution in [0.3, 0.4) is 0 Å². The summed E-state index contributed by atoms with van der Waals surface area (Å²) < 4.78 is 4.93. The van der Waals surface area contributed by atoms with Crippen LogP contribution >= 0.6 is 39.5 Å². The van der Waals surface area contributed by atoms with Crippen LogP contribution in [-0.4, -0.2) is 20.0 Å². The first kappa shape index (κ1) is 17.7. The topological polar surface area (TPSA) is 68.9 Å². The molecule has 9 heteroatoms. The van der Waals surface area contributed by atoms with Gasteiger partial charge in [0, 0.05) is 16.7 Å². The average Bonchev–Trinajstić information content (AvgIpc) is 2.90. The number of benzene rings is 1. The molecule has 25 heavy (non-hydrogen) atoms. The lowest BCUT2D eigenvalue weighted by Gasteiger charge is -2.07. The molecule has 0 aliphatic carbocycles. The maximum Gasteiger partial charge on any atom is 0.273 e. The number of amides is 1. The number of rotatable bonds is 5. The standard InChI is InChI=1S/C16H13BrN4O2S2/c1-2-7-21-14-13(25-16(21)24)15(23)20(9-18-14)8-12(22)19-11-5-3-10(17)4-6-11/h2-6,9H,1,7-8H2,(H,19,22). The number of thiazole rings is 1. The molecule has 0 bridgehead atoms. The van der Waals surface area contributed by atoms with E-state index in [1.807, 2.05) is 12.1 Å². The van der Waals surface area contributed by atoms with Crippen molar-refractivity contribution in [3.05, 3.63) is 62.0 Å². The predicted octanol–water partition coefficient (Wildman–Crippen LogP) is 3.58. The summed E-state index contributed by atoms with van der Waals surface area (Å²) >= 11 is 9.79. The normalized spacial score (nSPS) is 10.8. The average molecular weight is 437 g/mol. The van der Waals surface area contributed by atoms with E-state index in [2.05, 4.69) is 32.8 Å². The summed E-state index contributed by atoms with van der Waals surface area (Å²) in [6.07, 6.45) is 3.06. The molecule has 2 heterocycles. The maximum absolute atomic E-state index is 12.6. The van der Waals surface area contributed by atoms with Crippen LogP contribution in [0.1, 0.15) is 0 Å². The van der Waals surface area contributed by atoms with E-state index in [1.54, 1.807) is 22.8 Å². The van der Waals surface area contributed by atoms with E-state index in [4.69, 9.17) is 12.2 Å². The molecule has 6 nitrogen and oxygen atoms in total. The molecule has 0 aliphatic rings. The van der Waals surface area contributed by atoms with Crippen LogP contribution in [-0.2, 0) is 17.9 Å². The lowest BCUT2D eigenvalue weighted by atomic mass is 10.3. The summed E-state index contributed by atoms with van der Waals surface area (Å²) in [4.78, 5) is 29.1. The fourth-order valence-corrected chi connectivity index (χ4v) is 3.84. The van der Waals surface area contributed by atoms with Crippen LogP contribution in [0.5, 0.6) is 0 Å². The van der Waals surface area contributed by atoms with Crippen molar-refractivity contribution < 1.29 is 4.79 Å². The summed E-state index contributed by atoms with van der Waals surface area (Å²) in [5.41, 5.74) is 0.891. The van der Waals surface area contributed by atoms with E-state index in [-0.39, 0.29) is 18.0 Å². The van der Waals surface area contributed by atoms with Crippen LogP contribution in [0.4, 0.5) is 5.69 Å². The first-order valence-corrected chi connectivity index (χ1v) is 9.26. The summed E-state index contributed by atoms with van der Waals surface area (Å²) in [6, 6.07) is 7.19. The zero-order chi connectivity index (χ0) is 18.0. The highest BCUT2D eigenvalue weighted by Crippen LogP contribution is 2.18. The number of allylic oxidation sites excluding steroid dienone is 1. The van der Waals surface area contributed by atoms with Gasteiger partial charge in [0.2, 0.25) is 5.91 Å². The third-order valence-corrected chi connectivity index (χ3v) is 5.35. The first-order chi connectivity index (χ1) is 12.0. The van der Waals surface area contributed by atoms with Gasteiger partial charge in [0.1, 0.15) is 17.6 Å². The Balaban J connectivity index is 1.86. The van der Waals surface area contributed by atoms with Crippen molar-refractivity contribution in [1.82, 2.24) is 14.1 Å². The molecule has 3 rings (SSSR count). The molecule has 0 radical (unpaired) electrons. The Morgan fingerprint density at radius 1 is 1.40 bits per heavy atom. The van der Waals surface area contributed by atoms with Gasteiger partial charge in [-0.1, -0.05) is 33.3 Å². The van der Waals surface area contributed by atoms with Crippen LogP contribution < -0.4 is 10.9 Å². The van der Waals surface area contributed by atoms with Gasteiger partial charge in [0.15, 0.2) is 9.60 Å². The fraction of sp³-hybridized carbons (Fsp3) is 0.125. The second-order valence-electron chi connectivity index (χ2n) is 5.15. The SMILES string of the molecule is C=CCn1c(=S)sc2c(=O)n(CC(=O)Nc3ccc(Br)cc3)cnc21. The molecule has 0 aliphatic heterocycles. The molecule has 3 aromatic rings. The minimum atomic E-state index is -0.306. The maximum atomic E-state index is 12.6. The van der Waals surface area contributed by atoms with Crippen molar-refractivity contribution in [2.45, 2.75) is 13.1 Å². The number of anilines is 1. The van der Waals surface area contributed by atoms with Crippen molar-refractivity contribution in [3.8, 4) is 0 Å². The molecule has 1 N–H and O–H groups in total. The van der Waals surface area contributed by atoms with Gasteiger partial charge in [-0.2, -0.15) is 0 Å². The van der Waals surface area contributed by atoms with E-state index in [9.17, 15) is 9.59 Å². The summed E-state index contributed by atoms with van der Waals surface area (Å²) in [5, 5.41) is 2.75. The van der Waals surface area contributed by atoms with Crippen molar-refractivity contribution in [2.75, 3.05) is 5.32 Å². The molecule has 1 amide bonds. The molecule has 2 aromatic heterocycles. The molecule has 0 atom stereocenters. The Morgan fingerprint density at radius 3 is 2.80 bits per heavy atom.